The van der Waals surface area contributed by atoms with E-state index >= 15 is 0 Å². The second-order valence-electron chi connectivity index (χ2n) is 10.4. The monoisotopic (exact) mass is 528 g/mol. The number of carbonyl (C=O) groups is 2. The van der Waals surface area contributed by atoms with E-state index in [0.717, 1.165) is 41.5 Å². The predicted molar refractivity (Wildman–Crippen MR) is 152 cm³/mol. The first-order valence-electron chi connectivity index (χ1n) is 13.4. The highest BCUT2D eigenvalue weighted by Gasteiger charge is 2.36. The molecule has 0 spiro atoms. The number of hydrogen-bond donors (Lipinski definition) is 0. The summed E-state index contributed by atoms with van der Waals surface area (Å²) in [4.78, 5) is 43.4. The number of anilines is 2. The van der Waals surface area contributed by atoms with Crippen molar-refractivity contribution in [1.82, 2.24) is 19.8 Å². The zero-order valence-corrected chi connectivity index (χ0v) is 23.3. The lowest BCUT2D eigenvalue weighted by molar-refractivity contribution is 0.0746. The molecule has 2 fully saturated rings. The number of carbonyl (C=O) groups excluding carboxylic acids is 2. The standard InChI is InChI=1S/C30H36N6O3/c1-20-16-21(2)28(32-23(20)4)33-12-14-34(15-13-33)29(37)25-8-11-27(31-17-25)36-22(3)18-35(30(36)38)19-24-6-9-26(39-5)10-7-24/h6-11,16-17,22H,12-15,18-19H2,1-5H3. The Hall–Kier alpha value is -4.14. The van der Waals surface area contributed by atoms with Crippen molar-refractivity contribution in [2.45, 2.75) is 40.3 Å². The number of pyridine rings is 2. The molecule has 1 unspecified atom stereocenters. The molecule has 0 aliphatic carbocycles. The first kappa shape index (κ1) is 26.5. The van der Waals surface area contributed by atoms with Gasteiger partial charge in [0.1, 0.15) is 17.4 Å². The fourth-order valence-corrected chi connectivity index (χ4v) is 5.33. The summed E-state index contributed by atoms with van der Waals surface area (Å²) in [5.74, 6) is 2.31. The quantitative estimate of drug-likeness (QED) is 0.477. The minimum absolute atomic E-state index is 0.0274. The first-order valence-corrected chi connectivity index (χ1v) is 13.4. The maximum atomic E-state index is 13.2. The summed E-state index contributed by atoms with van der Waals surface area (Å²) in [7, 11) is 1.64. The third-order valence-corrected chi connectivity index (χ3v) is 7.67. The fraction of sp³-hybridized carbons (Fsp3) is 0.400. The van der Waals surface area contributed by atoms with Crippen LogP contribution in [-0.2, 0) is 6.54 Å². The van der Waals surface area contributed by atoms with Crippen molar-refractivity contribution in [1.29, 1.82) is 0 Å². The number of hydrogen-bond acceptors (Lipinski definition) is 6. The number of benzene rings is 1. The highest BCUT2D eigenvalue weighted by Crippen LogP contribution is 2.26. The zero-order valence-electron chi connectivity index (χ0n) is 23.3. The van der Waals surface area contributed by atoms with Gasteiger partial charge in [-0.25, -0.2) is 14.8 Å². The molecular formula is C30H36N6O3. The first-order chi connectivity index (χ1) is 18.7. The van der Waals surface area contributed by atoms with Gasteiger partial charge in [-0.15, -0.1) is 0 Å². The molecule has 2 saturated heterocycles. The Morgan fingerprint density at radius 1 is 1.00 bits per heavy atom. The van der Waals surface area contributed by atoms with Crippen LogP contribution in [0.1, 0.15) is 39.7 Å². The molecule has 0 saturated carbocycles. The second-order valence-corrected chi connectivity index (χ2v) is 10.4. The molecular weight excluding hydrogens is 492 g/mol. The van der Waals surface area contributed by atoms with E-state index in [1.807, 2.05) is 47.9 Å². The molecule has 0 N–H and O–H groups in total. The van der Waals surface area contributed by atoms with Crippen molar-refractivity contribution in [3.63, 3.8) is 0 Å². The van der Waals surface area contributed by atoms with Gasteiger partial charge in [-0.1, -0.05) is 18.2 Å². The Balaban J connectivity index is 1.20. The van der Waals surface area contributed by atoms with Gasteiger partial charge in [-0.05, 0) is 68.7 Å². The molecule has 1 aromatic carbocycles. The van der Waals surface area contributed by atoms with Gasteiger partial charge in [-0.2, -0.15) is 0 Å². The van der Waals surface area contributed by atoms with Crippen LogP contribution in [-0.4, -0.2) is 77.6 Å². The third kappa shape index (κ3) is 5.39. The number of aryl methyl sites for hydroxylation is 3. The molecule has 1 atom stereocenters. The Labute approximate surface area is 230 Å². The van der Waals surface area contributed by atoms with Crippen LogP contribution in [0.5, 0.6) is 5.75 Å². The second kappa shape index (κ2) is 10.9. The van der Waals surface area contributed by atoms with Crippen LogP contribution in [0, 0.1) is 20.8 Å². The maximum Gasteiger partial charge on any atom is 0.326 e. The Morgan fingerprint density at radius 2 is 1.72 bits per heavy atom. The van der Waals surface area contributed by atoms with Crippen molar-refractivity contribution in [3.8, 4) is 5.75 Å². The van der Waals surface area contributed by atoms with Gasteiger partial charge >= 0.3 is 6.03 Å². The maximum absolute atomic E-state index is 13.2. The number of urea groups is 1. The van der Waals surface area contributed by atoms with Crippen molar-refractivity contribution >= 4 is 23.6 Å². The van der Waals surface area contributed by atoms with E-state index in [0.29, 0.717) is 37.6 Å². The lowest BCUT2D eigenvalue weighted by Gasteiger charge is -2.36. The molecule has 0 radical (unpaired) electrons. The number of nitrogens with zero attached hydrogens (tertiary/aromatic N) is 6. The van der Waals surface area contributed by atoms with Crippen LogP contribution in [0.4, 0.5) is 16.4 Å². The molecule has 3 amide bonds. The van der Waals surface area contributed by atoms with E-state index in [-0.39, 0.29) is 18.0 Å². The van der Waals surface area contributed by atoms with Gasteiger partial charge in [0.2, 0.25) is 0 Å². The van der Waals surface area contributed by atoms with Gasteiger partial charge in [0.05, 0.1) is 18.7 Å². The number of methoxy groups -OCH3 is 1. The van der Waals surface area contributed by atoms with Crippen LogP contribution < -0.4 is 14.5 Å². The summed E-state index contributed by atoms with van der Waals surface area (Å²) in [6.07, 6.45) is 1.59. The van der Waals surface area contributed by atoms with Crippen molar-refractivity contribution in [2.24, 2.45) is 0 Å². The Morgan fingerprint density at radius 3 is 2.36 bits per heavy atom. The SMILES string of the molecule is COc1ccc(CN2CC(C)N(c3ccc(C(=O)N4CCN(c5nc(C)c(C)cc5C)CC4)cn3)C2=O)cc1. The van der Waals surface area contributed by atoms with Gasteiger partial charge in [0, 0.05) is 51.2 Å². The van der Waals surface area contributed by atoms with Crippen LogP contribution >= 0.6 is 0 Å². The predicted octanol–water partition coefficient (Wildman–Crippen LogP) is 4.20. The Bertz CT molecular complexity index is 1350. The fourth-order valence-electron chi connectivity index (χ4n) is 5.33. The summed E-state index contributed by atoms with van der Waals surface area (Å²) < 4.78 is 5.22. The van der Waals surface area contributed by atoms with Crippen LogP contribution in [0.25, 0.3) is 0 Å². The van der Waals surface area contributed by atoms with Crippen molar-refractivity contribution < 1.29 is 14.3 Å². The summed E-state index contributed by atoms with van der Waals surface area (Å²) in [6, 6.07) is 13.3. The average Bonchev–Trinajstić information content (AvgIpc) is 3.23. The molecule has 9 heteroatoms. The van der Waals surface area contributed by atoms with Crippen molar-refractivity contribution in [3.05, 3.63) is 76.6 Å². The minimum atomic E-state index is -0.0868. The lowest BCUT2D eigenvalue weighted by atomic mass is 10.1. The van der Waals surface area contributed by atoms with E-state index in [1.54, 1.807) is 30.3 Å². The van der Waals surface area contributed by atoms with Crippen LogP contribution in [0.3, 0.4) is 0 Å². The molecule has 9 nitrogen and oxygen atoms in total. The smallest absolute Gasteiger partial charge is 0.326 e. The Kier molecular flexibility index (Phi) is 7.41. The number of rotatable bonds is 6. The van der Waals surface area contributed by atoms with Gasteiger partial charge in [-0.3, -0.25) is 9.69 Å². The van der Waals surface area contributed by atoms with Gasteiger partial charge < -0.3 is 19.4 Å². The molecule has 2 aromatic heterocycles. The molecule has 4 heterocycles. The molecule has 39 heavy (non-hydrogen) atoms. The summed E-state index contributed by atoms with van der Waals surface area (Å²) in [5, 5.41) is 0. The third-order valence-electron chi connectivity index (χ3n) is 7.67. The van der Waals surface area contributed by atoms with Crippen molar-refractivity contribution in [2.75, 3.05) is 49.6 Å². The van der Waals surface area contributed by atoms with E-state index in [4.69, 9.17) is 9.72 Å². The number of amides is 3. The van der Waals surface area contributed by atoms with E-state index < -0.39 is 0 Å². The van der Waals surface area contributed by atoms with Crippen LogP contribution in [0.15, 0.2) is 48.7 Å². The summed E-state index contributed by atoms with van der Waals surface area (Å²) >= 11 is 0. The average molecular weight is 529 g/mol. The molecule has 5 rings (SSSR count). The number of piperazine rings is 1. The molecule has 204 valence electrons. The lowest BCUT2D eigenvalue weighted by Crippen LogP contribution is -2.49. The molecule has 2 aliphatic heterocycles. The number of ether oxygens (including phenoxy) is 1. The van der Waals surface area contributed by atoms with E-state index in [9.17, 15) is 9.59 Å². The highest BCUT2D eigenvalue weighted by atomic mass is 16.5. The topological polar surface area (TPSA) is 82.1 Å². The zero-order chi connectivity index (χ0) is 27.7. The van der Waals surface area contributed by atoms with Gasteiger partial charge in [0.15, 0.2) is 0 Å². The summed E-state index contributed by atoms with van der Waals surface area (Å²) in [6.45, 7) is 12.0. The van der Waals surface area contributed by atoms with Crippen LogP contribution in [0.2, 0.25) is 0 Å². The van der Waals surface area contributed by atoms with E-state index in [1.165, 1.54) is 5.56 Å². The number of aromatic nitrogens is 2. The highest BCUT2D eigenvalue weighted by molar-refractivity contribution is 5.96. The molecule has 3 aromatic rings. The van der Waals surface area contributed by atoms with Gasteiger partial charge in [0.25, 0.3) is 5.91 Å². The van der Waals surface area contributed by atoms with E-state index in [2.05, 4.69) is 29.8 Å². The minimum Gasteiger partial charge on any atom is -0.497 e. The molecule has 2 aliphatic rings. The molecule has 0 bridgehead atoms. The largest absolute Gasteiger partial charge is 0.497 e. The summed E-state index contributed by atoms with van der Waals surface area (Å²) in [5.41, 5.74) is 4.95. The normalized spacial score (nSPS) is 17.7.